The van der Waals surface area contributed by atoms with E-state index in [2.05, 4.69) is 64.7 Å². The van der Waals surface area contributed by atoms with Gasteiger partial charge in [0.15, 0.2) is 0 Å². The zero-order valence-electron chi connectivity index (χ0n) is 10.4. The summed E-state index contributed by atoms with van der Waals surface area (Å²) in [7, 11) is 2.17. The summed E-state index contributed by atoms with van der Waals surface area (Å²) >= 11 is 0. The van der Waals surface area contributed by atoms with Gasteiger partial charge >= 0.3 is 5.95 Å². The molecule has 1 aromatic heterocycles. The van der Waals surface area contributed by atoms with E-state index in [9.17, 15) is 0 Å². The van der Waals surface area contributed by atoms with E-state index in [0.29, 0.717) is 0 Å². The number of fused-ring (bicyclic) bond motifs is 1. The highest BCUT2D eigenvalue weighted by molar-refractivity contribution is 5.45. The maximum Gasteiger partial charge on any atom is 0.364 e. The lowest BCUT2D eigenvalue weighted by molar-refractivity contribution is -0.687. The van der Waals surface area contributed by atoms with Crippen molar-refractivity contribution < 1.29 is 4.57 Å². The third-order valence-electron chi connectivity index (χ3n) is 3.48. The van der Waals surface area contributed by atoms with Crippen LogP contribution in [0, 0.1) is 6.92 Å². The third-order valence-corrected chi connectivity index (χ3v) is 3.48. The summed E-state index contributed by atoms with van der Waals surface area (Å²) in [4.78, 5) is 2.33. The van der Waals surface area contributed by atoms with E-state index in [4.69, 9.17) is 0 Å². The molecule has 0 saturated carbocycles. The van der Waals surface area contributed by atoms with E-state index >= 15 is 0 Å². The Hall–Kier alpha value is -1.77. The van der Waals surface area contributed by atoms with Crippen molar-refractivity contribution in [2.24, 2.45) is 0 Å². The Kier molecular flexibility index (Phi) is 2.39. The summed E-state index contributed by atoms with van der Waals surface area (Å²) < 4.78 is 4.62. The SMILES string of the molecule is Cc1ccccc1-n1cc[n+]2c1N(C)CCC2. The Balaban J connectivity index is 2.17. The molecule has 0 atom stereocenters. The highest BCUT2D eigenvalue weighted by Crippen LogP contribution is 2.21. The molecule has 3 heteroatoms. The molecule has 0 unspecified atom stereocenters. The number of aromatic nitrogens is 2. The standard InChI is InChI=1S/C14H18N3/c1-12-6-3-4-7-13(12)17-11-10-16-9-5-8-15(2)14(16)17/h3-4,6-7,10-11H,5,8-9H2,1-2H3/q+1. The van der Waals surface area contributed by atoms with Crippen LogP contribution in [0.5, 0.6) is 0 Å². The number of para-hydroxylation sites is 1. The second kappa shape index (κ2) is 3.91. The lowest BCUT2D eigenvalue weighted by Crippen LogP contribution is -2.46. The van der Waals surface area contributed by atoms with Crippen LogP contribution in [0.2, 0.25) is 0 Å². The molecule has 0 spiro atoms. The number of rotatable bonds is 1. The van der Waals surface area contributed by atoms with Gasteiger partial charge in [0.2, 0.25) is 0 Å². The minimum Gasteiger partial charge on any atom is -0.266 e. The van der Waals surface area contributed by atoms with Crippen LogP contribution >= 0.6 is 0 Å². The lowest BCUT2D eigenvalue weighted by atomic mass is 10.2. The lowest BCUT2D eigenvalue weighted by Gasteiger charge is -2.20. The third kappa shape index (κ3) is 1.62. The summed E-state index contributed by atoms with van der Waals surface area (Å²) in [6.45, 7) is 4.42. The maximum absolute atomic E-state index is 2.33. The molecule has 0 radical (unpaired) electrons. The van der Waals surface area contributed by atoms with E-state index < -0.39 is 0 Å². The van der Waals surface area contributed by atoms with Gasteiger partial charge < -0.3 is 0 Å². The van der Waals surface area contributed by atoms with Crippen molar-refractivity contribution in [1.82, 2.24) is 4.57 Å². The molecule has 2 aromatic rings. The van der Waals surface area contributed by atoms with Crippen LogP contribution in [0.4, 0.5) is 5.95 Å². The van der Waals surface area contributed by atoms with Crippen LogP contribution in [-0.2, 0) is 6.54 Å². The highest BCUT2D eigenvalue weighted by atomic mass is 15.4. The first-order valence-electron chi connectivity index (χ1n) is 6.15. The fourth-order valence-electron chi connectivity index (χ4n) is 2.60. The first-order chi connectivity index (χ1) is 8.27. The van der Waals surface area contributed by atoms with Crippen molar-refractivity contribution in [3.8, 4) is 5.69 Å². The Morgan fingerprint density at radius 3 is 2.88 bits per heavy atom. The zero-order chi connectivity index (χ0) is 11.8. The predicted molar refractivity (Wildman–Crippen MR) is 68.6 cm³/mol. The van der Waals surface area contributed by atoms with Gasteiger partial charge in [0.05, 0.1) is 26.3 Å². The number of aryl methyl sites for hydroxylation is 2. The molecule has 0 fully saturated rings. The van der Waals surface area contributed by atoms with Gasteiger partial charge in [0.25, 0.3) is 0 Å². The fraction of sp³-hybridized carbons (Fsp3) is 0.357. The quantitative estimate of drug-likeness (QED) is 0.679. The van der Waals surface area contributed by atoms with E-state index in [1.54, 1.807) is 0 Å². The van der Waals surface area contributed by atoms with Crippen LogP contribution in [0.15, 0.2) is 36.7 Å². The molecule has 1 aliphatic rings. The van der Waals surface area contributed by atoms with Gasteiger partial charge in [0.1, 0.15) is 11.9 Å². The summed E-state index contributed by atoms with van der Waals surface area (Å²) in [6, 6.07) is 8.53. The second-order valence-corrected chi connectivity index (χ2v) is 4.72. The summed E-state index contributed by atoms with van der Waals surface area (Å²) in [5.41, 5.74) is 2.58. The summed E-state index contributed by atoms with van der Waals surface area (Å²) in [5, 5.41) is 0. The number of anilines is 1. The first kappa shape index (κ1) is 10.4. The number of benzene rings is 1. The van der Waals surface area contributed by atoms with Gasteiger partial charge in [0, 0.05) is 6.42 Å². The molecule has 3 rings (SSSR count). The van der Waals surface area contributed by atoms with Crippen molar-refractivity contribution in [1.29, 1.82) is 0 Å². The van der Waals surface area contributed by atoms with E-state index in [1.807, 2.05) is 0 Å². The molecule has 88 valence electrons. The number of hydrogen-bond acceptors (Lipinski definition) is 1. The molecular formula is C14H18N3+. The van der Waals surface area contributed by atoms with Gasteiger partial charge in [-0.3, -0.25) is 4.90 Å². The average Bonchev–Trinajstić information content (AvgIpc) is 2.75. The molecule has 1 aliphatic heterocycles. The van der Waals surface area contributed by atoms with Crippen LogP contribution in [0.3, 0.4) is 0 Å². The van der Waals surface area contributed by atoms with Crippen LogP contribution in [-0.4, -0.2) is 18.2 Å². The van der Waals surface area contributed by atoms with Crippen LogP contribution in [0.25, 0.3) is 5.69 Å². The van der Waals surface area contributed by atoms with Crippen molar-refractivity contribution in [3.63, 3.8) is 0 Å². The molecular weight excluding hydrogens is 210 g/mol. The summed E-state index contributed by atoms with van der Waals surface area (Å²) in [6.07, 6.45) is 5.57. The largest absolute Gasteiger partial charge is 0.364 e. The van der Waals surface area contributed by atoms with Gasteiger partial charge in [-0.2, -0.15) is 0 Å². The van der Waals surface area contributed by atoms with E-state index in [0.717, 1.165) is 13.1 Å². The Labute approximate surface area is 102 Å². The Morgan fingerprint density at radius 1 is 1.24 bits per heavy atom. The monoisotopic (exact) mass is 228 g/mol. The second-order valence-electron chi connectivity index (χ2n) is 4.72. The molecule has 3 nitrogen and oxygen atoms in total. The molecule has 2 heterocycles. The van der Waals surface area contributed by atoms with Crippen LogP contribution in [0.1, 0.15) is 12.0 Å². The predicted octanol–water partition coefficient (Wildman–Crippen LogP) is 1.91. The normalized spacial score (nSPS) is 14.8. The Morgan fingerprint density at radius 2 is 2.06 bits per heavy atom. The molecule has 0 amide bonds. The number of hydrogen-bond donors (Lipinski definition) is 0. The average molecular weight is 228 g/mol. The molecule has 0 aliphatic carbocycles. The smallest absolute Gasteiger partial charge is 0.266 e. The van der Waals surface area contributed by atoms with Gasteiger partial charge in [-0.1, -0.05) is 18.2 Å². The van der Waals surface area contributed by atoms with E-state index in [1.165, 1.54) is 23.6 Å². The van der Waals surface area contributed by atoms with Crippen molar-refractivity contribution in [2.75, 3.05) is 18.5 Å². The van der Waals surface area contributed by atoms with Crippen molar-refractivity contribution in [3.05, 3.63) is 42.2 Å². The molecule has 1 aromatic carbocycles. The minimum atomic E-state index is 1.12. The first-order valence-corrected chi connectivity index (χ1v) is 6.15. The molecule has 0 bridgehead atoms. The highest BCUT2D eigenvalue weighted by Gasteiger charge is 2.26. The van der Waals surface area contributed by atoms with E-state index in [-0.39, 0.29) is 0 Å². The van der Waals surface area contributed by atoms with Crippen LogP contribution < -0.4 is 9.47 Å². The molecule has 0 saturated heterocycles. The van der Waals surface area contributed by atoms with Gasteiger partial charge in [-0.05, 0) is 18.6 Å². The maximum atomic E-state index is 2.33. The molecule has 0 N–H and O–H groups in total. The van der Waals surface area contributed by atoms with Crippen molar-refractivity contribution in [2.45, 2.75) is 19.9 Å². The zero-order valence-corrected chi connectivity index (χ0v) is 10.4. The fourth-order valence-corrected chi connectivity index (χ4v) is 2.60. The Bertz CT molecular complexity index is 542. The number of imidazole rings is 1. The minimum absolute atomic E-state index is 1.12. The molecule has 17 heavy (non-hydrogen) atoms. The number of nitrogens with zero attached hydrogens (tertiary/aromatic N) is 3. The summed E-state index contributed by atoms with van der Waals surface area (Å²) in [5.74, 6) is 1.28. The van der Waals surface area contributed by atoms with Crippen molar-refractivity contribution >= 4 is 5.95 Å². The topological polar surface area (TPSA) is 12.0 Å². The van der Waals surface area contributed by atoms with Gasteiger partial charge in [-0.15, -0.1) is 0 Å². The van der Waals surface area contributed by atoms with Gasteiger partial charge in [-0.25, -0.2) is 9.13 Å².